The average Bonchev–Trinajstić information content (AvgIpc) is 2.79. The number of methoxy groups -OCH3 is 2. The molecule has 0 aliphatic carbocycles. The number of nitrogens with one attached hydrogen (secondary N) is 2. The lowest BCUT2D eigenvalue weighted by Crippen LogP contribution is -2.47. The maximum absolute atomic E-state index is 12.7. The minimum atomic E-state index is -3.76. The summed E-state index contributed by atoms with van der Waals surface area (Å²) in [7, 11) is -0.918. The van der Waals surface area contributed by atoms with E-state index in [4.69, 9.17) is 21.7 Å². The second kappa shape index (κ2) is 9.58. The van der Waals surface area contributed by atoms with Gasteiger partial charge in [0.1, 0.15) is 5.75 Å². The maximum Gasteiger partial charge on any atom is 0.337 e. The number of carbonyl (C=O) groups excluding carboxylic acids is 1. The molecule has 32 heavy (non-hydrogen) atoms. The first-order valence-corrected chi connectivity index (χ1v) is 11.7. The molecule has 2 aromatic rings. The molecule has 0 bridgehead atoms. The molecule has 0 spiro atoms. The van der Waals surface area contributed by atoms with Gasteiger partial charge >= 0.3 is 5.97 Å². The molecule has 1 heterocycles. The van der Waals surface area contributed by atoms with Crippen LogP contribution in [0.15, 0.2) is 64.7 Å². The molecule has 0 unspecified atom stereocenters. The van der Waals surface area contributed by atoms with Gasteiger partial charge in [0, 0.05) is 17.9 Å². The van der Waals surface area contributed by atoms with E-state index in [1.807, 2.05) is 18.7 Å². The summed E-state index contributed by atoms with van der Waals surface area (Å²) in [5, 5.41) is 3.69. The first-order valence-electron chi connectivity index (χ1n) is 9.85. The monoisotopic (exact) mass is 475 g/mol. The van der Waals surface area contributed by atoms with E-state index >= 15 is 0 Å². The predicted octanol–water partition coefficient (Wildman–Crippen LogP) is 3.19. The summed E-state index contributed by atoms with van der Waals surface area (Å²) in [5.74, 6) is 0.114. The number of anilines is 1. The van der Waals surface area contributed by atoms with Crippen molar-refractivity contribution in [2.24, 2.45) is 0 Å². The highest BCUT2D eigenvalue weighted by atomic mass is 32.2. The molecule has 1 aliphatic heterocycles. The minimum Gasteiger partial charge on any atom is -0.497 e. The molecule has 0 aromatic heterocycles. The van der Waals surface area contributed by atoms with Crippen molar-refractivity contribution in [3.8, 4) is 5.75 Å². The Bertz CT molecular complexity index is 1140. The van der Waals surface area contributed by atoms with Crippen molar-refractivity contribution in [2.45, 2.75) is 24.8 Å². The predicted molar refractivity (Wildman–Crippen MR) is 126 cm³/mol. The van der Waals surface area contributed by atoms with Crippen LogP contribution >= 0.6 is 12.2 Å². The van der Waals surface area contributed by atoms with Crippen LogP contribution in [0.25, 0.3) is 0 Å². The molecule has 1 aliphatic rings. The summed E-state index contributed by atoms with van der Waals surface area (Å²) < 4.78 is 37.9. The fourth-order valence-corrected chi connectivity index (χ4v) is 4.94. The molecule has 0 amide bonds. The van der Waals surface area contributed by atoms with Crippen LogP contribution in [0.1, 0.15) is 25.5 Å². The number of thiocarbonyl (C=S) groups is 1. The normalized spacial score (nSPS) is 16.4. The van der Waals surface area contributed by atoms with Crippen LogP contribution in [-0.2, 0) is 19.6 Å². The Labute approximate surface area is 193 Å². The molecule has 0 fully saturated rings. The zero-order chi connectivity index (χ0) is 23.5. The molecule has 0 saturated heterocycles. The van der Waals surface area contributed by atoms with Gasteiger partial charge in [0.25, 0.3) is 10.0 Å². The summed E-state index contributed by atoms with van der Waals surface area (Å²) in [4.78, 5) is 14.4. The SMILES string of the molecule is CCN1C(=S)N[C@H](c2ccc(NS(=O)(=O)c3ccc(OC)cc3)cc2)C(C(=O)OC)=C1C. The Morgan fingerprint density at radius 1 is 1.12 bits per heavy atom. The molecule has 10 heteroatoms. The fraction of sp³-hybridized carbons (Fsp3) is 0.273. The third-order valence-electron chi connectivity index (χ3n) is 5.18. The number of esters is 1. The molecule has 170 valence electrons. The number of hydrogen-bond acceptors (Lipinski definition) is 6. The van der Waals surface area contributed by atoms with Crippen LogP contribution in [0.5, 0.6) is 5.75 Å². The van der Waals surface area contributed by atoms with Crippen LogP contribution in [0, 0.1) is 0 Å². The molecule has 3 rings (SSSR count). The van der Waals surface area contributed by atoms with E-state index in [2.05, 4.69) is 10.0 Å². The molecule has 8 nitrogen and oxygen atoms in total. The van der Waals surface area contributed by atoms with Gasteiger partial charge in [0.15, 0.2) is 5.11 Å². The minimum absolute atomic E-state index is 0.118. The van der Waals surface area contributed by atoms with Gasteiger partial charge in [-0.15, -0.1) is 0 Å². The standard InChI is InChI=1S/C22H25N3O5S2/c1-5-25-14(2)19(21(26)30-4)20(23-22(25)31)15-6-8-16(9-7-15)24-32(27,28)18-12-10-17(29-3)11-13-18/h6-13,20,24H,5H2,1-4H3,(H,23,31)/t20-/m1/s1. The van der Waals surface area contributed by atoms with E-state index in [-0.39, 0.29) is 4.90 Å². The van der Waals surface area contributed by atoms with Crippen molar-refractivity contribution in [2.75, 3.05) is 25.5 Å². The van der Waals surface area contributed by atoms with E-state index in [1.165, 1.54) is 26.4 Å². The molecule has 1 atom stereocenters. The Kier molecular flexibility index (Phi) is 7.05. The first-order chi connectivity index (χ1) is 15.2. The smallest absolute Gasteiger partial charge is 0.337 e. The van der Waals surface area contributed by atoms with Crippen molar-refractivity contribution >= 4 is 39.0 Å². The Morgan fingerprint density at radius 2 is 1.75 bits per heavy atom. The van der Waals surface area contributed by atoms with Gasteiger partial charge in [-0.3, -0.25) is 4.72 Å². The Balaban J connectivity index is 1.87. The van der Waals surface area contributed by atoms with Gasteiger partial charge in [0.2, 0.25) is 0 Å². The van der Waals surface area contributed by atoms with Gasteiger partial charge in [0.05, 0.1) is 30.7 Å². The second-order valence-corrected chi connectivity index (χ2v) is 9.09. The van der Waals surface area contributed by atoms with Crippen LogP contribution in [0.3, 0.4) is 0 Å². The number of nitrogens with zero attached hydrogens (tertiary/aromatic N) is 1. The number of allylic oxidation sites excluding steroid dienone is 1. The molecule has 0 radical (unpaired) electrons. The van der Waals surface area contributed by atoms with E-state index in [0.717, 1.165) is 11.3 Å². The van der Waals surface area contributed by atoms with Crippen LogP contribution < -0.4 is 14.8 Å². The second-order valence-electron chi connectivity index (χ2n) is 7.02. The van der Waals surface area contributed by atoms with E-state index < -0.39 is 22.0 Å². The van der Waals surface area contributed by atoms with E-state index in [1.54, 1.807) is 36.4 Å². The lowest BCUT2D eigenvalue weighted by molar-refractivity contribution is -0.136. The van der Waals surface area contributed by atoms with E-state index in [9.17, 15) is 13.2 Å². The highest BCUT2D eigenvalue weighted by Gasteiger charge is 2.33. The first kappa shape index (κ1) is 23.6. The van der Waals surface area contributed by atoms with Crippen molar-refractivity contribution < 1.29 is 22.7 Å². The summed E-state index contributed by atoms with van der Waals surface area (Å²) in [6.07, 6.45) is 0. The van der Waals surface area contributed by atoms with Crippen LogP contribution in [0.4, 0.5) is 5.69 Å². The Hall–Kier alpha value is -3.11. The summed E-state index contributed by atoms with van der Waals surface area (Å²) in [5.41, 5.74) is 2.31. The number of rotatable bonds is 7. The maximum atomic E-state index is 12.7. The van der Waals surface area contributed by atoms with Crippen molar-refractivity contribution in [3.05, 3.63) is 65.4 Å². The van der Waals surface area contributed by atoms with Gasteiger partial charge in [-0.2, -0.15) is 0 Å². The zero-order valence-electron chi connectivity index (χ0n) is 18.2. The number of carbonyl (C=O) groups is 1. The summed E-state index contributed by atoms with van der Waals surface area (Å²) in [6, 6.07) is 12.3. The molecular formula is C22H25N3O5S2. The Morgan fingerprint density at radius 3 is 2.28 bits per heavy atom. The van der Waals surface area contributed by atoms with Crippen molar-refractivity contribution in [1.82, 2.24) is 10.2 Å². The van der Waals surface area contributed by atoms with Crippen LogP contribution in [0.2, 0.25) is 0 Å². The van der Waals surface area contributed by atoms with Gasteiger partial charge in [-0.25, -0.2) is 13.2 Å². The highest BCUT2D eigenvalue weighted by molar-refractivity contribution is 7.92. The molecular weight excluding hydrogens is 450 g/mol. The molecule has 0 saturated carbocycles. The number of hydrogen-bond donors (Lipinski definition) is 2. The summed E-state index contributed by atoms with van der Waals surface area (Å²) >= 11 is 5.45. The number of benzene rings is 2. The zero-order valence-corrected chi connectivity index (χ0v) is 19.8. The summed E-state index contributed by atoms with van der Waals surface area (Å²) in [6.45, 7) is 4.38. The van der Waals surface area contributed by atoms with Crippen molar-refractivity contribution in [1.29, 1.82) is 0 Å². The topological polar surface area (TPSA) is 97.0 Å². The largest absolute Gasteiger partial charge is 0.497 e. The fourth-order valence-electron chi connectivity index (χ4n) is 3.50. The van der Waals surface area contributed by atoms with Crippen molar-refractivity contribution in [3.63, 3.8) is 0 Å². The lowest BCUT2D eigenvalue weighted by atomic mass is 9.95. The highest BCUT2D eigenvalue weighted by Crippen LogP contribution is 2.32. The number of ether oxygens (including phenoxy) is 2. The van der Waals surface area contributed by atoms with E-state index in [0.29, 0.717) is 28.7 Å². The van der Waals surface area contributed by atoms with Crippen LogP contribution in [-0.4, -0.2) is 45.2 Å². The quantitative estimate of drug-likeness (QED) is 0.466. The van der Waals surface area contributed by atoms with Gasteiger partial charge in [-0.05, 0) is 68.0 Å². The lowest BCUT2D eigenvalue weighted by Gasteiger charge is -2.36. The third-order valence-corrected chi connectivity index (χ3v) is 6.92. The van der Waals surface area contributed by atoms with Gasteiger partial charge < -0.3 is 19.7 Å². The molecule has 2 aromatic carbocycles. The van der Waals surface area contributed by atoms with Gasteiger partial charge in [-0.1, -0.05) is 12.1 Å². The number of sulfonamides is 1. The molecule has 2 N–H and O–H groups in total. The third kappa shape index (κ3) is 4.71. The average molecular weight is 476 g/mol.